The Labute approximate surface area is 152 Å². The van der Waals surface area contributed by atoms with Crippen molar-refractivity contribution in [2.75, 3.05) is 19.7 Å². The van der Waals surface area contributed by atoms with Crippen LogP contribution in [0.1, 0.15) is 57.1 Å². The fourth-order valence-electron chi connectivity index (χ4n) is 3.95. The van der Waals surface area contributed by atoms with Crippen LogP contribution in [0.2, 0.25) is 0 Å². The van der Waals surface area contributed by atoms with Crippen LogP contribution in [0.15, 0.2) is 18.2 Å². The molecule has 2 atom stereocenters. The smallest absolute Gasteiger partial charge is 0.137 e. The van der Waals surface area contributed by atoms with E-state index in [0.717, 1.165) is 49.1 Å². The average Bonchev–Trinajstić information content (AvgIpc) is 2.55. The Morgan fingerprint density at radius 2 is 1.76 bits per heavy atom. The summed E-state index contributed by atoms with van der Waals surface area (Å²) in [5, 5.41) is 21.5. The van der Waals surface area contributed by atoms with Crippen LogP contribution in [0.5, 0.6) is 5.75 Å². The van der Waals surface area contributed by atoms with Crippen molar-refractivity contribution in [2.24, 2.45) is 0 Å². The van der Waals surface area contributed by atoms with Crippen LogP contribution in [-0.2, 0) is 0 Å². The first-order chi connectivity index (χ1) is 11.9. The summed E-state index contributed by atoms with van der Waals surface area (Å²) in [6.07, 6.45) is 4.41. The van der Waals surface area contributed by atoms with Gasteiger partial charge in [-0.1, -0.05) is 32.8 Å². The average molecular weight is 350 g/mol. The van der Waals surface area contributed by atoms with E-state index in [1.54, 1.807) is 0 Å². The predicted molar refractivity (Wildman–Crippen MR) is 102 cm³/mol. The number of aliphatic hydroxyl groups is 2. The van der Waals surface area contributed by atoms with Crippen molar-refractivity contribution < 1.29 is 14.9 Å². The van der Waals surface area contributed by atoms with Crippen molar-refractivity contribution in [2.45, 2.75) is 77.5 Å². The highest BCUT2D eigenvalue weighted by Gasteiger charge is 2.43. The van der Waals surface area contributed by atoms with Gasteiger partial charge in [0.05, 0.1) is 6.10 Å². The zero-order valence-corrected chi connectivity index (χ0v) is 16.3. The topological polar surface area (TPSA) is 52.9 Å². The molecule has 0 unspecified atom stereocenters. The van der Waals surface area contributed by atoms with E-state index < -0.39 is 11.7 Å². The molecule has 1 heterocycles. The quantitative estimate of drug-likeness (QED) is 0.755. The molecular weight excluding hydrogens is 314 g/mol. The van der Waals surface area contributed by atoms with Gasteiger partial charge in [0.15, 0.2) is 0 Å². The summed E-state index contributed by atoms with van der Waals surface area (Å²) < 4.78 is 5.89. The summed E-state index contributed by atoms with van der Waals surface area (Å²) in [5.41, 5.74) is 1.06. The zero-order chi connectivity index (χ0) is 18.4. The van der Waals surface area contributed by atoms with Gasteiger partial charge in [0, 0.05) is 19.1 Å². The molecule has 25 heavy (non-hydrogen) atoms. The molecule has 4 heteroatoms. The third-order valence-electron chi connectivity index (χ3n) is 5.23. The van der Waals surface area contributed by atoms with E-state index in [2.05, 4.69) is 24.8 Å². The van der Waals surface area contributed by atoms with Crippen molar-refractivity contribution in [3.63, 3.8) is 0 Å². The summed E-state index contributed by atoms with van der Waals surface area (Å²) in [7, 11) is 0. The van der Waals surface area contributed by atoms with Crippen molar-refractivity contribution >= 4 is 0 Å². The normalized spacial score (nSPS) is 24.7. The molecule has 1 aliphatic rings. The monoisotopic (exact) mass is 349 g/mol. The number of benzene rings is 1. The van der Waals surface area contributed by atoms with Crippen molar-refractivity contribution in [1.29, 1.82) is 0 Å². The fraction of sp³-hybridized carbons (Fsp3) is 0.714. The molecule has 1 aromatic carbocycles. The molecule has 2 N–H and O–H groups in total. The van der Waals surface area contributed by atoms with Crippen LogP contribution in [-0.4, -0.2) is 52.6 Å². The number of aliphatic hydroxyl groups excluding tert-OH is 1. The molecule has 0 bridgehead atoms. The van der Waals surface area contributed by atoms with Crippen LogP contribution < -0.4 is 4.74 Å². The lowest BCUT2D eigenvalue weighted by molar-refractivity contribution is -0.146. The maximum Gasteiger partial charge on any atom is 0.137 e. The van der Waals surface area contributed by atoms with E-state index in [1.165, 1.54) is 0 Å². The summed E-state index contributed by atoms with van der Waals surface area (Å²) in [6, 6.07) is 6.52. The van der Waals surface area contributed by atoms with Gasteiger partial charge < -0.3 is 14.9 Å². The van der Waals surface area contributed by atoms with Gasteiger partial charge in [0.25, 0.3) is 0 Å². The molecule has 1 saturated heterocycles. The Hall–Kier alpha value is -1.10. The number of aryl methyl sites for hydroxylation is 2. The molecule has 1 aromatic rings. The van der Waals surface area contributed by atoms with Gasteiger partial charge in [-0.3, -0.25) is 4.90 Å². The number of rotatable bonds is 8. The van der Waals surface area contributed by atoms with Crippen molar-refractivity contribution in [3.05, 3.63) is 29.3 Å². The zero-order valence-electron chi connectivity index (χ0n) is 16.3. The number of β-amino-alcohol motifs (C(OH)–C–C–N with tert-alkyl or cyclic N) is 1. The van der Waals surface area contributed by atoms with Gasteiger partial charge >= 0.3 is 0 Å². The van der Waals surface area contributed by atoms with E-state index in [4.69, 9.17) is 4.74 Å². The lowest BCUT2D eigenvalue weighted by Crippen LogP contribution is -2.61. The van der Waals surface area contributed by atoms with E-state index in [9.17, 15) is 10.2 Å². The minimum Gasteiger partial charge on any atom is -0.490 e. The molecular formula is C21H35NO3. The standard InChI is InChI=1S/C21H35NO3/c1-5-7-18(8-6-2)22-10-9-20(23)21(24,14-22)15-25-19-12-16(3)11-17(4)13-19/h11-13,18,20,23-24H,5-10,14-15H2,1-4H3/t20-,21-/m0/s1. The lowest BCUT2D eigenvalue weighted by atomic mass is 9.88. The second-order valence-electron chi connectivity index (χ2n) is 7.72. The molecule has 0 aliphatic carbocycles. The highest BCUT2D eigenvalue weighted by atomic mass is 16.5. The fourth-order valence-corrected chi connectivity index (χ4v) is 3.95. The second-order valence-corrected chi connectivity index (χ2v) is 7.72. The molecule has 4 nitrogen and oxygen atoms in total. The Bertz CT molecular complexity index is 522. The Kier molecular flexibility index (Phi) is 7.29. The van der Waals surface area contributed by atoms with Crippen LogP contribution in [0.25, 0.3) is 0 Å². The Morgan fingerprint density at radius 1 is 1.16 bits per heavy atom. The SMILES string of the molecule is CCCC(CCC)N1CC[C@H](O)[C@@](O)(COc2cc(C)cc(C)c2)C1. The first kappa shape index (κ1) is 20.2. The summed E-state index contributed by atoms with van der Waals surface area (Å²) in [4.78, 5) is 2.35. The molecule has 0 spiro atoms. The number of piperidine rings is 1. The number of nitrogens with zero attached hydrogens (tertiary/aromatic N) is 1. The van der Waals surface area contributed by atoms with Gasteiger partial charge in [-0.05, 0) is 56.4 Å². The largest absolute Gasteiger partial charge is 0.490 e. The first-order valence-electron chi connectivity index (χ1n) is 9.73. The van der Waals surface area contributed by atoms with Crippen molar-refractivity contribution in [1.82, 2.24) is 4.90 Å². The number of likely N-dealkylation sites (tertiary alicyclic amines) is 1. The summed E-state index contributed by atoms with van der Waals surface area (Å²) in [6.45, 7) is 9.92. The van der Waals surface area contributed by atoms with Crippen LogP contribution in [0, 0.1) is 13.8 Å². The van der Waals surface area contributed by atoms with Gasteiger partial charge in [-0.25, -0.2) is 0 Å². The highest BCUT2D eigenvalue weighted by Crippen LogP contribution is 2.27. The highest BCUT2D eigenvalue weighted by molar-refractivity contribution is 5.33. The number of hydrogen-bond acceptors (Lipinski definition) is 4. The minimum absolute atomic E-state index is 0.124. The maximum atomic E-state index is 11.1. The Balaban J connectivity index is 2.05. The van der Waals surface area contributed by atoms with Crippen LogP contribution in [0.4, 0.5) is 0 Å². The number of ether oxygens (including phenoxy) is 1. The molecule has 0 amide bonds. The maximum absolute atomic E-state index is 11.1. The second kappa shape index (κ2) is 9.02. The summed E-state index contributed by atoms with van der Waals surface area (Å²) in [5.74, 6) is 0.758. The third kappa shape index (κ3) is 5.44. The molecule has 1 aliphatic heterocycles. The Morgan fingerprint density at radius 3 is 2.32 bits per heavy atom. The van der Waals surface area contributed by atoms with E-state index in [0.29, 0.717) is 19.0 Å². The minimum atomic E-state index is -1.21. The predicted octanol–water partition coefficient (Wildman–Crippen LogP) is 3.45. The number of hydrogen-bond donors (Lipinski definition) is 2. The third-order valence-corrected chi connectivity index (χ3v) is 5.23. The molecule has 142 valence electrons. The van der Waals surface area contributed by atoms with E-state index in [1.807, 2.05) is 26.0 Å². The lowest BCUT2D eigenvalue weighted by Gasteiger charge is -2.45. The van der Waals surface area contributed by atoms with Gasteiger partial charge in [0.1, 0.15) is 18.0 Å². The first-order valence-corrected chi connectivity index (χ1v) is 9.73. The van der Waals surface area contributed by atoms with Crippen molar-refractivity contribution in [3.8, 4) is 5.75 Å². The van der Waals surface area contributed by atoms with Gasteiger partial charge in [0.2, 0.25) is 0 Å². The molecule has 1 fully saturated rings. The van der Waals surface area contributed by atoms with Crippen LogP contribution >= 0.6 is 0 Å². The molecule has 0 saturated carbocycles. The van der Waals surface area contributed by atoms with Crippen LogP contribution in [0.3, 0.4) is 0 Å². The van der Waals surface area contributed by atoms with Gasteiger partial charge in [-0.2, -0.15) is 0 Å². The molecule has 0 radical (unpaired) electrons. The van der Waals surface area contributed by atoms with E-state index in [-0.39, 0.29) is 6.61 Å². The van der Waals surface area contributed by atoms with Gasteiger partial charge in [-0.15, -0.1) is 0 Å². The molecule has 2 rings (SSSR count). The van der Waals surface area contributed by atoms with E-state index >= 15 is 0 Å². The molecule has 0 aromatic heterocycles. The summed E-state index contributed by atoms with van der Waals surface area (Å²) >= 11 is 0.